The van der Waals surface area contributed by atoms with Gasteiger partial charge in [0, 0.05) is 6.42 Å². The molecule has 0 spiro atoms. The molecule has 0 aromatic heterocycles. The van der Waals surface area contributed by atoms with Crippen molar-refractivity contribution < 1.29 is 24.2 Å². The minimum atomic E-state index is -2.58. The number of alkyl halides is 1. The third-order valence-corrected chi connectivity index (χ3v) is 1.70. The molecule has 2 N–H and O–H groups in total. The van der Waals surface area contributed by atoms with Crippen LogP contribution in [0.1, 0.15) is 6.42 Å². The van der Waals surface area contributed by atoms with Crippen molar-refractivity contribution in [3.8, 4) is 0 Å². The van der Waals surface area contributed by atoms with Gasteiger partial charge in [0.25, 0.3) is 0 Å². The molecule has 0 aromatic carbocycles. The molecule has 0 aliphatic heterocycles. The van der Waals surface area contributed by atoms with Crippen LogP contribution in [0.4, 0.5) is 4.39 Å². The fourth-order valence-electron chi connectivity index (χ4n) is 0.993. The van der Waals surface area contributed by atoms with Crippen molar-refractivity contribution in [2.75, 3.05) is 0 Å². The molecule has 0 fully saturated rings. The molecule has 1 aliphatic rings. The number of hydrogen-bond donors (Lipinski definition) is 2. The average Bonchev–Trinajstić information content (AvgIpc) is 2.04. The number of halogens is 1. The quantitative estimate of drug-likeness (QED) is 0.667. The van der Waals surface area contributed by atoms with Gasteiger partial charge in [0.1, 0.15) is 0 Å². The average molecular weight is 186 g/mol. The summed E-state index contributed by atoms with van der Waals surface area (Å²) in [5, 5.41) is 16.9. The van der Waals surface area contributed by atoms with Gasteiger partial charge >= 0.3 is 11.9 Å². The maximum absolute atomic E-state index is 13.3. The van der Waals surface area contributed by atoms with Crippen LogP contribution in [0.25, 0.3) is 0 Å². The number of aliphatic carboxylic acids is 2. The summed E-state index contributed by atoms with van der Waals surface area (Å²) in [7, 11) is 0. The van der Waals surface area contributed by atoms with Crippen LogP contribution in [0.2, 0.25) is 0 Å². The van der Waals surface area contributed by atoms with Gasteiger partial charge in [-0.25, -0.2) is 14.0 Å². The summed E-state index contributed by atoms with van der Waals surface area (Å²) >= 11 is 0. The third-order valence-electron chi connectivity index (χ3n) is 1.70. The van der Waals surface area contributed by atoms with Crippen molar-refractivity contribution in [2.24, 2.45) is 0 Å². The van der Waals surface area contributed by atoms with Crippen molar-refractivity contribution in [2.45, 2.75) is 12.1 Å². The summed E-state index contributed by atoms with van der Waals surface area (Å²) in [5.74, 6) is -3.00. The summed E-state index contributed by atoms with van der Waals surface area (Å²) in [5.41, 5.74) is -2.92. The second-order valence-corrected chi connectivity index (χ2v) is 2.68. The van der Waals surface area contributed by atoms with Crippen molar-refractivity contribution in [1.82, 2.24) is 0 Å². The molecule has 0 radical (unpaired) electrons. The minimum absolute atomic E-state index is 0.334. The lowest BCUT2D eigenvalue weighted by Gasteiger charge is -2.17. The molecule has 13 heavy (non-hydrogen) atoms. The zero-order valence-electron chi connectivity index (χ0n) is 6.53. The molecule has 1 aliphatic carbocycles. The highest BCUT2D eigenvalue weighted by Gasteiger charge is 2.37. The summed E-state index contributed by atoms with van der Waals surface area (Å²) in [6.07, 6.45) is 2.65. The van der Waals surface area contributed by atoms with Crippen molar-refractivity contribution in [3.63, 3.8) is 0 Å². The molecule has 0 amide bonds. The van der Waals surface area contributed by atoms with Crippen LogP contribution < -0.4 is 0 Å². The van der Waals surface area contributed by atoms with Gasteiger partial charge in [0.2, 0.25) is 5.67 Å². The van der Waals surface area contributed by atoms with Crippen molar-refractivity contribution >= 4 is 11.9 Å². The molecular formula is C8H7FO4. The summed E-state index contributed by atoms with van der Waals surface area (Å²) in [4.78, 5) is 20.8. The second-order valence-electron chi connectivity index (χ2n) is 2.68. The summed E-state index contributed by atoms with van der Waals surface area (Å²) in [6, 6.07) is 0. The number of rotatable bonds is 2. The van der Waals surface area contributed by atoms with E-state index in [1.54, 1.807) is 0 Å². The monoisotopic (exact) mass is 186 g/mol. The number of carboxylic acids is 2. The standard InChI is InChI=1S/C8H7FO4/c9-8(7(12)13)3-1-2-5(4-8)6(10)11/h1-2,4H,3H2,(H,10,11)(H,12,13). The first-order valence-electron chi connectivity index (χ1n) is 3.51. The van der Waals surface area contributed by atoms with E-state index in [4.69, 9.17) is 10.2 Å². The molecular weight excluding hydrogens is 179 g/mol. The highest BCUT2D eigenvalue weighted by molar-refractivity contribution is 5.93. The van der Waals surface area contributed by atoms with E-state index in [0.717, 1.165) is 0 Å². The Bertz CT molecular complexity index is 318. The van der Waals surface area contributed by atoms with E-state index in [-0.39, 0.29) is 12.0 Å². The van der Waals surface area contributed by atoms with Gasteiger partial charge in [-0.05, 0) is 6.08 Å². The molecule has 1 unspecified atom stereocenters. The summed E-state index contributed by atoms with van der Waals surface area (Å²) in [6.45, 7) is 0. The Hall–Kier alpha value is -1.65. The maximum Gasteiger partial charge on any atom is 0.345 e. The second kappa shape index (κ2) is 3.01. The first-order valence-corrected chi connectivity index (χ1v) is 3.51. The van der Waals surface area contributed by atoms with Crippen molar-refractivity contribution in [3.05, 3.63) is 23.8 Å². The first kappa shape index (κ1) is 9.44. The largest absolute Gasteiger partial charge is 0.479 e. The predicted molar refractivity (Wildman–Crippen MR) is 41.0 cm³/mol. The first-order chi connectivity index (χ1) is 5.96. The van der Waals surface area contributed by atoms with Gasteiger partial charge in [-0.3, -0.25) is 0 Å². The molecule has 5 heteroatoms. The number of carboxylic acid groups (broad SMARTS) is 2. The van der Waals surface area contributed by atoms with Gasteiger partial charge in [-0.1, -0.05) is 12.2 Å². The molecule has 4 nitrogen and oxygen atoms in total. The van der Waals surface area contributed by atoms with Crippen LogP contribution in [0, 0.1) is 0 Å². The van der Waals surface area contributed by atoms with E-state index in [9.17, 15) is 14.0 Å². The molecule has 0 aromatic rings. The Morgan fingerprint density at radius 3 is 2.54 bits per heavy atom. The van der Waals surface area contributed by atoms with Gasteiger partial charge in [0.05, 0.1) is 5.57 Å². The van der Waals surface area contributed by atoms with Gasteiger partial charge < -0.3 is 10.2 Å². The normalized spacial score (nSPS) is 26.7. The number of hydrogen-bond acceptors (Lipinski definition) is 2. The Kier molecular flexibility index (Phi) is 2.18. The fourth-order valence-corrected chi connectivity index (χ4v) is 0.993. The number of allylic oxidation sites excluding steroid dienone is 1. The SMILES string of the molecule is O=C(O)C1=CC(F)(C(=O)O)CC=C1. The van der Waals surface area contributed by atoms with E-state index in [1.165, 1.54) is 12.2 Å². The van der Waals surface area contributed by atoms with Crippen molar-refractivity contribution in [1.29, 1.82) is 0 Å². The lowest BCUT2D eigenvalue weighted by atomic mass is 9.93. The number of carbonyl (C=O) groups is 2. The Balaban J connectivity index is 3.02. The Morgan fingerprint density at radius 1 is 1.46 bits per heavy atom. The molecule has 0 saturated heterocycles. The molecule has 0 saturated carbocycles. The highest BCUT2D eigenvalue weighted by Crippen LogP contribution is 2.25. The van der Waals surface area contributed by atoms with E-state index in [0.29, 0.717) is 6.08 Å². The highest BCUT2D eigenvalue weighted by atomic mass is 19.1. The zero-order valence-corrected chi connectivity index (χ0v) is 6.53. The van der Waals surface area contributed by atoms with E-state index >= 15 is 0 Å². The lowest BCUT2D eigenvalue weighted by molar-refractivity contribution is -0.147. The molecule has 0 heterocycles. The smallest absolute Gasteiger partial charge is 0.345 e. The maximum atomic E-state index is 13.3. The zero-order chi connectivity index (χ0) is 10.1. The Morgan fingerprint density at radius 2 is 2.08 bits per heavy atom. The van der Waals surface area contributed by atoms with E-state index in [1.807, 2.05) is 0 Å². The van der Waals surface area contributed by atoms with Gasteiger partial charge in [0.15, 0.2) is 0 Å². The van der Waals surface area contributed by atoms with Crippen LogP contribution in [-0.2, 0) is 9.59 Å². The van der Waals surface area contributed by atoms with E-state index in [2.05, 4.69) is 0 Å². The molecule has 1 atom stereocenters. The Labute approximate surface area is 73.0 Å². The fraction of sp³-hybridized carbons (Fsp3) is 0.250. The van der Waals surface area contributed by atoms with E-state index < -0.39 is 17.6 Å². The van der Waals surface area contributed by atoms with Crippen LogP contribution in [-0.4, -0.2) is 27.8 Å². The molecule has 1 rings (SSSR count). The summed E-state index contributed by atoms with van der Waals surface area (Å²) < 4.78 is 13.3. The third kappa shape index (κ3) is 1.74. The van der Waals surface area contributed by atoms with Crippen LogP contribution in [0.5, 0.6) is 0 Å². The lowest BCUT2D eigenvalue weighted by Crippen LogP contribution is -2.33. The topological polar surface area (TPSA) is 74.6 Å². The molecule has 0 bridgehead atoms. The van der Waals surface area contributed by atoms with Crippen LogP contribution in [0.15, 0.2) is 23.8 Å². The minimum Gasteiger partial charge on any atom is -0.479 e. The molecule has 70 valence electrons. The van der Waals surface area contributed by atoms with Gasteiger partial charge in [-0.2, -0.15) is 0 Å². The van der Waals surface area contributed by atoms with Gasteiger partial charge in [-0.15, -0.1) is 0 Å². The van der Waals surface area contributed by atoms with Crippen LogP contribution in [0.3, 0.4) is 0 Å². The predicted octanol–water partition coefficient (Wildman–Crippen LogP) is 0.750. The van der Waals surface area contributed by atoms with Crippen LogP contribution >= 0.6 is 0 Å².